The zero-order valence-corrected chi connectivity index (χ0v) is 24.4. The second-order valence-corrected chi connectivity index (χ2v) is 11.9. The smallest absolute Gasteiger partial charge is 0.253 e. The van der Waals surface area contributed by atoms with E-state index >= 15 is 0 Å². The molecule has 3 aromatic rings. The highest BCUT2D eigenvalue weighted by Crippen LogP contribution is 2.34. The normalized spacial score (nSPS) is 18.9. The minimum atomic E-state index is -0.427. The SMILES string of the molecule is O=C(c1ccc(CSc2nc(Cl)cc(N3CCC4(CC3)OCCO4)n2)cc1)N1CCN(c2cccc(Cl)c2)CC1. The molecule has 0 radical (unpaired) electrons. The van der Waals surface area contributed by atoms with Crippen molar-refractivity contribution in [2.75, 3.05) is 62.3 Å². The molecule has 11 heteroatoms. The van der Waals surface area contributed by atoms with Crippen LogP contribution in [0.1, 0.15) is 28.8 Å². The minimum Gasteiger partial charge on any atom is -0.368 e. The molecular weight excluding hydrogens is 569 g/mol. The number of piperazine rings is 1. The molecule has 0 atom stereocenters. The molecule has 1 aromatic heterocycles. The average Bonchev–Trinajstić information content (AvgIpc) is 3.44. The third-order valence-electron chi connectivity index (χ3n) is 7.63. The first-order chi connectivity index (χ1) is 19.5. The number of ether oxygens (including phenoxy) is 2. The number of halogens is 2. The Balaban J connectivity index is 1.02. The summed E-state index contributed by atoms with van der Waals surface area (Å²) < 4.78 is 11.7. The van der Waals surface area contributed by atoms with Gasteiger partial charge in [-0.1, -0.05) is 53.2 Å². The van der Waals surface area contributed by atoms with Gasteiger partial charge in [0.1, 0.15) is 11.0 Å². The van der Waals surface area contributed by atoms with Crippen LogP contribution in [-0.4, -0.2) is 79.0 Å². The zero-order chi connectivity index (χ0) is 27.5. The Labute approximate surface area is 248 Å². The van der Waals surface area contributed by atoms with Crippen molar-refractivity contribution in [3.05, 3.63) is 75.9 Å². The van der Waals surface area contributed by atoms with Crippen molar-refractivity contribution in [1.29, 1.82) is 0 Å². The van der Waals surface area contributed by atoms with Crippen LogP contribution in [0.5, 0.6) is 0 Å². The molecule has 8 nitrogen and oxygen atoms in total. The van der Waals surface area contributed by atoms with E-state index in [1.54, 1.807) is 0 Å². The average molecular weight is 601 g/mol. The molecule has 3 aliphatic heterocycles. The van der Waals surface area contributed by atoms with E-state index in [2.05, 4.69) is 20.9 Å². The third-order valence-corrected chi connectivity index (χ3v) is 8.98. The molecule has 3 aliphatic rings. The standard InChI is InChI=1S/C29H31Cl2N5O3S/c30-23-2-1-3-24(18-23)34-12-14-36(15-13-34)27(37)22-6-4-21(5-7-22)20-40-28-32-25(31)19-26(33-28)35-10-8-29(9-11-35)38-16-17-39-29/h1-7,18-19H,8-17,20H2. The first-order valence-electron chi connectivity index (χ1n) is 13.6. The van der Waals surface area contributed by atoms with E-state index in [9.17, 15) is 4.79 Å². The van der Waals surface area contributed by atoms with Gasteiger partial charge in [0.2, 0.25) is 0 Å². The molecule has 2 aromatic carbocycles. The molecule has 1 amide bonds. The largest absolute Gasteiger partial charge is 0.368 e. The third kappa shape index (κ3) is 6.34. The van der Waals surface area contributed by atoms with Crippen molar-refractivity contribution < 1.29 is 14.3 Å². The molecule has 0 saturated carbocycles. The number of aromatic nitrogens is 2. The highest BCUT2D eigenvalue weighted by atomic mass is 35.5. The predicted molar refractivity (Wildman–Crippen MR) is 159 cm³/mol. The van der Waals surface area contributed by atoms with Gasteiger partial charge in [0.05, 0.1) is 13.2 Å². The first-order valence-corrected chi connectivity index (χ1v) is 15.3. The van der Waals surface area contributed by atoms with Gasteiger partial charge in [-0.25, -0.2) is 9.97 Å². The summed E-state index contributed by atoms with van der Waals surface area (Å²) in [5, 5.41) is 1.79. The van der Waals surface area contributed by atoms with Crippen molar-refractivity contribution in [3.8, 4) is 0 Å². The Kier molecular flexibility index (Phi) is 8.37. The van der Waals surface area contributed by atoms with Gasteiger partial charge in [-0.15, -0.1) is 0 Å². The second kappa shape index (κ2) is 12.1. The van der Waals surface area contributed by atoms with E-state index < -0.39 is 5.79 Å². The molecule has 3 fully saturated rings. The number of carbonyl (C=O) groups is 1. The molecule has 0 aliphatic carbocycles. The van der Waals surface area contributed by atoms with Crippen LogP contribution in [0.4, 0.5) is 11.5 Å². The van der Waals surface area contributed by atoms with Gasteiger partial charge in [-0.2, -0.15) is 0 Å². The van der Waals surface area contributed by atoms with Gasteiger partial charge in [-0.3, -0.25) is 4.79 Å². The van der Waals surface area contributed by atoms with E-state index in [0.29, 0.717) is 47.9 Å². The maximum absolute atomic E-state index is 13.1. The van der Waals surface area contributed by atoms with Crippen LogP contribution in [0.2, 0.25) is 10.2 Å². The van der Waals surface area contributed by atoms with Crippen LogP contribution in [0, 0.1) is 0 Å². The molecule has 210 valence electrons. The number of hydrogen-bond acceptors (Lipinski definition) is 8. The lowest BCUT2D eigenvalue weighted by atomic mass is 10.0. The number of hydrogen-bond donors (Lipinski definition) is 0. The summed E-state index contributed by atoms with van der Waals surface area (Å²) in [6, 6.07) is 17.5. The molecule has 0 N–H and O–H groups in total. The number of anilines is 2. The van der Waals surface area contributed by atoms with Crippen LogP contribution >= 0.6 is 35.0 Å². The lowest BCUT2D eigenvalue weighted by Gasteiger charge is -2.38. The summed E-state index contributed by atoms with van der Waals surface area (Å²) in [5.41, 5.74) is 2.88. The minimum absolute atomic E-state index is 0.0597. The Hall–Kier alpha value is -2.56. The molecular formula is C29H31Cl2N5O3S. The number of piperidine rings is 1. The molecule has 0 bridgehead atoms. The quantitative estimate of drug-likeness (QED) is 0.212. The predicted octanol–water partition coefficient (Wildman–Crippen LogP) is 5.38. The van der Waals surface area contributed by atoms with Crippen LogP contribution in [0.15, 0.2) is 59.8 Å². The molecule has 40 heavy (non-hydrogen) atoms. The van der Waals surface area contributed by atoms with Crippen LogP contribution in [0.25, 0.3) is 0 Å². The van der Waals surface area contributed by atoms with Crippen molar-refractivity contribution in [2.24, 2.45) is 0 Å². The van der Waals surface area contributed by atoms with E-state index in [1.165, 1.54) is 11.8 Å². The van der Waals surface area contributed by atoms with Gasteiger partial charge in [0.15, 0.2) is 10.9 Å². The maximum Gasteiger partial charge on any atom is 0.253 e. The number of thioether (sulfide) groups is 1. The van der Waals surface area contributed by atoms with Crippen molar-refractivity contribution >= 4 is 52.4 Å². The number of rotatable bonds is 6. The number of carbonyl (C=O) groups excluding carboxylic acids is 1. The highest BCUT2D eigenvalue weighted by Gasteiger charge is 2.40. The summed E-state index contributed by atoms with van der Waals surface area (Å²) >= 11 is 14.0. The van der Waals surface area contributed by atoms with E-state index in [4.69, 9.17) is 37.7 Å². The summed E-state index contributed by atoms with van der Waals surface area (Å²) in [6.07, 6.45) is 1.61. The Morgan fingerprint density at radius 2 is 1.60 bits per heavy atom. The van der Waals surface area contributed by atoms with E-state index in [-0.39, 0.29) is 5.91 Å². The van der Waals surface area contributed by atoms with Crippen molar-refractivity contribution in [2.45, 2.75) is 29.5 Å². The van der Waals surface area contributed by atoms with Gasteiger partial charge in [0, 0.05) is 80.2 Å². The highest BCUT2D eigenvalue weighted by molar-refractivity contribution is 7.98. The summed E-state index contributed by atoms with van der Waals surface area (Å²) in [5.74, 6) is 1.14. The van der Waals surface area contributed by atoms with Crippen molar-refractivity contribution in [3.63, 3.8) is 0 Å². The second-order valence-electron chi connectivity index (χ2n) is 10.2. The van der Waals surface area contributed by atoms with Crippen molar-refractivity contribution in [1.82, 2.24) is 14.9 Å². The van der Waals surface area contributed by atoms with Gasteiger partial charge < -0.3 is 24.2 Å². The van der Waals surface area contributed by atoms with Crippen LogP contribution < -0.4 is 9.80 Å². The topological polar surface area (TPSA) is 71.0 Å². The van der Waals surface area contributed by atoms with Gasteiger partial charge in [-0.05, 0) is 35.9 Å². The Bertz CT molecular complexity index is 1340. The van der Waals surface area contributed by atoms with Crippen LogP contribution in [-0.2, 0) is 15.2 Å². The molecule has 4 heterocycles. The fraction of sp³-hybridized carbons (Fsp3) is 0.414. The first kappa shape index (κ1) is 27.6. The van der Waals surface area contributed by atoms with E-state index in [0.717, 1.165) is 61.1 Å². The number of nitrogens with zero attached hydrogens (tertiary/aromatic N) is 5. The maximum atomic E-state index is 13.1. The zero-order valence-electron chi connectivity index (χ0n) is 22.1. The Morgan fingerprint density at radius 3 is 2.30 bits per heavy atom. The summed E-state index contributed by atoms with van der Waals surface area (Å²) in [4.78, 5) is 28.7. The summed E-state index contributed by atoms with van der Waals surface area (Å²) in [6.45, 7) is 5.83. The lowest BCUT2D eigenvalue weighted by Crippen LogP contribution is -2.48. The molecule has 3 saturated heterocycles. The fourth-order valence-electron chi connectivity index (χ4n) is 5.39. The molecule has 0 unspecified atom stereocenters. The lowest BCUT2D eigenvalue weighted by molar-refractivity contribution is -0.169. The fourth-order valence-corrected chi connectivity index (χ4v) is 6.61. The summed E-state index contributed by atoms with van der Waals surface area (Å²) in [7, 11) is 0. The van der Waals surface area contributed by atoms with Gasteiger partial charge in [0.25, 0.3) is 5.91 Å². The van der Waals surface area contributed by atoms with Gasteiger partial charge >= 0.3 is 0 Å². The number of amides is 1. The molecule has 1 spiro atoms. The molecule has 6 rings (SSSR count). The van der Waals surface area contributed by atoms with E-state index in [1.807, 2.05) is 53.4 Å². The Morgan fingerprint density at radius 1 is 0.875 bits per heavy atom. The monoisotopic (exact) mass is 599 g/mol. The number of benzene rings is 2. The van der Waals surface area contributed by atoms with Crippen LogP contribution in [0.3, 0.4) is 0 Å².